The minimum Gasteiger partial charge on any atom is -0.496 e. The number of halogens is 1. The number of amides is 2. The molecule has 1 aromatic carbocycles. The van der Waals surface area contributed by atoms with Crippen LogP contribution in [0.2, 0.25) is 5.02 Å². The first kappa shape index (κ1) is 26.3. The van der Waals surface area contributed by atoms with Crippen molar-refractivity contribution in [3.05, 3.63) is 51.9 Å². The lowest BCUT2D eigenvalue weighted by Gasteiger charge is -2.11. The monoisotopic (exact) mass is 535 g/mol. The molecule has 0 atom stereocenters. The maximum atomic E-state index is 12.7. The van der Waals surface area contributed by atoms with Gasteiger partial charge in [-0.25, -0.2) is 4.79 Å². The molecule has 0 fully saturated rings. The average molecular weight is 536 g/mol. The molecule has 2 aromatic heterocycles. The number of nitrogens with one attached hydrogen (secondary N) is 1. The molecule has 10 nitrogen and oxygen atoms in total. The van der Waals surface area contributed by atoms with Crippen molar-refractivity contribution in [2.45, 2.75) is 18.6 Å². The number of allylic oxidation sites excluding steroid dienone is 1. The number of thioether (sulfide) groups is 1. The summed E-state index contributed by atoms with van der Waals surface area (Å²) in [7, 11) is 2.75. The molecule has 0 aliphatic carbocycles. The van der Waals surface area contributed by atoms with E-state index in [1.165, 1.54) is 7.11 Å². The summed E-state index contributed by atoms with van der Waals surface area (Å²) in [5.41, 5.74) is 6.47. The maximum Gasteiger partial charge on any atom is 0.341 e. The van der Waals surface area contributed by atoms with Gasteiger partial charge >= 0.3 is 5.97 Å². The van der Waals surface area contributed by atoms with Crippen LogP contribution in [-0.4, -0.2) is 52.5 Å². The van der Waals surface area contributed by atoms with Crippen LogP contribution >= 0.6 is 34.7 Å². The minimum atomic E-state index is -0.700. The first-order valence-electron chi connectivity index (χ1n) is 10.0. The molecule has 2 amide bonds. The van der Waals surface area contributed by atoms with E-state index in [1.54, 1.807) is 42.9 Å². The number of primary amides is 1. The molecule has 2 heterocycles. The van der Waals surface area contributed by atoms with E-state index in [1.807, 2.05) is 0 Å². The van der Waals surface area contributed by atoms with Crippen LogP contribution in [0.1, 0.15) is 25.6 Å². The highest BCUT2D eigenvalue weighted by molar-refractivity contribution is 7.99. The topological polar surface area (TPSA) is 138 Å². The van der Waals surface area contributed by atoms with Crippen LogP contribution in [0, 0.1) is 6.92 Å². The van der Waals surface area contributed by atoms with Gasteiger partial charge in [-0.1, -0.05) is 29.4 Å². The summed E-state index contributed by atoms with van der Waals surface area (Å²) in [5, 5.41) is 12.3. The fraction of sp³-hybridized carbons (Fsp3) is 0.227. The van der Waals surface area contributed by atoms with E-state index in [-0.39, 0.29) is 21.2 Å². The Kier molecular flexibility index (Phi) is 8.54. The summed E-state index contributed by atoms with van der Waals surface area (Å²) in [6, 6.07) is 5.15. The third kappa shape index (κ3) is 5.66. The predicted octanol–water partition coefficient (Wildman–Crippen LogP) is 3.78. The Morgan fingerprint density at radius 3 is 2.69 bits per heavy atom. The molecule has 0 aliphatic rings. The zero-order valence-corrected chi connectivity index (χ0v) is 21.5. The van der Waals surface area contributed by atoms with Crippen molar-refractivity contribution in [1.29, 1.82) is 0 Å². The summed E-state index contributed by atoms with van der Waals surface area (Å²) in [6.07, 6.45) is 1.68. The number of nitrogens with two attached hydrogens (primary N) is 1. The van der Waals surface area contributed by atoms with Crippen molar-refractivity contribution in [3.8, 4) is 17.1 Å². The van der Waals surface area contributed by atoms with E-state index in [0.29, 0.717) is 39.4 Å². The lowest BCUT2D eigenvalue weighted by Crippen LogP contribution is -2.16. The number of carbonyl (C=O) groups is 3. The molecule has 0 unspecified atom stereocenters. The third-order valence-corrected chi connectivity index (χ3v) is 7.20. The number of hydrogen-bond acceptors (Lipinski definition) is 9. The maximum absolute atomic E-state index is 12.7. The van der Waals surface area contributed by atoms with Gasteiger partial charge in [0.15, 0.2) is 11.0 Å². The Hall–Kier alpha value is -3.35. The number of hydrogen-bond donors (Lipinski definition) is 2. The second kappa shape index (κ2) is 11.4. The van der Waals surface area contributed by atoms with Gasteiger partial charge in [0, 0.05) is 11.6 Å². The molecule has 3 rings (SSSR count). The normalized spacial score (nSPS) is 10.6. The van der Waals surface area contributed by atoms with Crippen LogP contribution < -0.4 is 15.8 Å². The van der Waals surface area contributed by atoms with Crippen molar-refractivity contribution < 1.29 is 23.9 Å². The van der Waals surface area contributed by atoms with E-state index in [2.05, 4.69) is 22.1 Å². The van der Waals surface area contributed by atoms with Gasteiger partial charge in [-0.05, 0) is 30.7 Å². The summed E-state index contributed by atoms with van der Waals surface area (Å²) < 4.78 is 12.0. The van der Waals surface area contributed by atoms with Crippen LogP contribution in [0.3, 0.4) is 0 Å². The first-order valence-corrected chi connectivity index (χ1v) is 12.2. The summed E-state index contributed by atoms with van der Waals surface area (Å²) in [4.78, 5) is 36.8. The third-order valence-electron chi connectivity index (χ3n) is 4.78. The lowest BCUT2D eigenvalue weighted by molar-refractivity contribution is -0.113. The molecular weight excluding hydrogens is 514 g/mol. The average Bonchev–Trinajstić information content (AvgIpc) is 3.37. The Bertz CT molecular complexity index is 1300. The van der Waals surface area contributed by atoms with E-state index in [0.717, 1.165) is 23.1 Å². The molecular formula is C22H22ClN5O5S2. The quantitative estimate of drug-likeness (QED) is 0.227. The number of carbonyl (C=O) groups excluding carboxylic acids is 3. The zero-order valence-electron chi connectivity index (χ0n) is 19.1. The van der Waals surface area contributed by atoms with E-state index < -0.39 is 17.8 Å². The van der Waals surface area contributed by atoms with Crippen LogP contribution in [0.15, 0.2) is 36.0 Å². The molecule has 3 N–H and O–H groups in total. The number of methoxy groups -OCH3 is 2. The van der Waals surface area contributed by atoms with Crippen LogP contribution in [0.25, 0.3) is 11.4 Å². The first-order chi connectivity index (χ1) is 16.7. The van der Waals surface area contributed by atoms with Gasteiger partial charge in [-0.15, -0.1) is 28.1 Å². The number of esters is 1. The second-order valence-corrected chi connectivity index (χ2v) is 9.40. The van der Waals surface area contributed by atoms with Crippen molar-refractivity contribution in [2.24, 2.45) is 5.73 Å². The van der Waals surface area contributed by atoms with Crippen molar-refractivity contribution in [3.63, 3.8) is 0 Å². The molecule has 184 valence electrons. The Morgan fingerprint density at radius 2 is 2.06 bits per heavy atom. The fourth-order valence-corrected chi connectivity index (χ4v) is 5.20. The molecule has 0 saturated heterocycles. The van der Waals surface area contributed by atoms with Crippen molar-refractivity contribution in [1.82, 2.24) is 14.8 Å². The number of aromatic nitrogens is 3. The van der Waals surface area contributed by atoms with Crippen LogP contribution in [0.5, 0.6) is 5.75 Å². The van der Waals surface area contributed by atoms with Crippen LogP contribution in [0.4, 0.5) is 5.00 Å². The van der Waals surface area contributed by atoms with Crippen molar-refractivity contribution >= 4 is 57.5 Å². The van der Waals surface area contributed by atoms with E-state index in [4.69, 9.17) is 26.8 Å². The molecule has 0 bridgehead atoms. The Labute approximate surface area is 214 Å². The van der Waals surface area contributed by atoms with Gasteiger partial charge in [0.2, 0.25) is 5.91 Å². The highest BCUT2D eigenvalue weighted by Gasteiger charge is 2.26. The summed E-state index contributed by atoms with van der Waals surface area (Å²) in [6.45, 7) is 5.72. The Balaban J connectivity index is 1.84. The smallest absolute Gasteiger partial charge is 0.341 e. The molecule has 35 heavy (non-hydrogen) atoms. The van der Waals surface area contributed by atoms with Gasteiger partial charge in [-0.2, -0.15) is 0 Å². The highest BCUT2D eigenvalue weighted by Crippen LogP contribution is 2.35. The predicted molar refractivity (Wildman–Crippen MR) is 135 cm³/mol. The van der Waals surface area contributed by atoms with Gasteiger partial charge in [0.1, 0.15) is 10.8 Å². The van der Waals surface area contributed by atoms with Gasteiger partial charge < -0.3 is 20.5 Å². The number of anilines is 1. The zero-order chi connectivity index (χ0) is 25.7. The molecule has 0 spiro atoms. The fourth-order valence-electron chi connectivity index (χ4n) is 3.22. The molecule has 0 aliphatic heterocycles. The van der Waals surface area contributed by atoms with Crippen LogP contribution in [-0.2, 0) is 16.1 Å². The number of benzene rings is 1. The van der Waals surface area contributed by atoms with Gasteiger partial charge in [0.25, 0.3) is 5.91 Å². The summed E-state index contributed by atoms with van der Waals surface area (Å²) in [5.74, 6) is -0.789. The molecule has 0 radical (unpaired) electrons. The SMILES string of the molecule is C=CCn1c(SCC(=O)Nc2sc(C(N)=O)c(C)c2C(=O)OC)nnc1-c1cc(Cl)ccc1OC. The van der Waals surface area contributed by atoms with E-state index >= 15 is 0 Å². The van der Waals surface area contributed by atoms with Gasteiger partial charge in [-0.3, -0.25) is 14.2 Å². The molecule has 0 saturated carbocycles. The van der Waals surface area contributed by atoms with Crippen molar-refractivity contribution in [2.75, 3.05) is 25.3 Å². The Morgan fingerprint density at radius 1 is 1.31 bits per heavy atom. The number of thiophene rings is 1. The highest BCUT2D eigenvalue weighted by atomic mass is 35.5. The lowest BCUT2D eigenvalue weighted by atomic mass is 10.1. The van der Waals surface area contributed by atoms with Gasteiger partial charge in [0.05, 0.1) is 36.0 Å². The number of nitrogens with zero attached hydrogens (tertiary/aromatic N) is 3. The second-order valence-electron chi connectivity index (χ2n) is 7.00. The largest absolute Gasteiger partial charge is 0.496 e. The molecule has 13 heteroatoms. The summed E-state index contributed by atoms with van der Waals surface area (Å²) >= 11 is 8.22. The number of rotatable bonds is 10. The number of ether oxygens (including phenoxy) is 2. The standard InChI is InChI=1S/C22H22ClN5O5S2/c1-5-8-28-19(13-9-12(23)6-7-14(13)32-3)26-27-22(28)34-10-15(29)25-20-16(21(31)33-4)11(2)17(35-20)18(24)30/h5-7,9H,1,8,10H2,2-4H3,(H2,24,30)(H,25,29). The van der Waals surface area contributed by atoms with E-state index in [9.17, 15) is 14.4 Å². The molecule has 3 aromatic rings. The minimum absolute atomic E-state index is 0.0502.